The number of aliphatic hydroxyl groups is 1. The zero-order valence-electron chi connectivity index (χ0n) is 23.8. The van der Waals surface area contributed by atoms with Crippen LogP contribution in [-0.2, 0) is 22.4 Å². The number of carbonyl (C=O) groups excluding carboxylic acids is 1. The predicted octanol–water partition coefficient (Wildman–Crippen LogP) is 6.48. The fraction of sp³-hybridized carbons (Fsp3) is 0.235. The number of amides is 1. The van der Waals surface area contributed by atoms with Crippen molar-refractivity contribution >= 4 is 43.7 Å². The minimum absolute atomic E-state index is 0.0575. The van der Waals surface area contributed by atoms with Crippen LogP contribution in [0, 0.1) is 5.82 Å². The number of hydrazine groups is 1. The van der Waals surface area contributed by atoms with Crippen molar-refractivity contribution < 1.29 is 23.8 Å². The van der Waals surface area contributed by atoms with Crippen LogP contribution in [0.4, 0.5) is 4.39 Å². The third kappa shape index (κ3) is 7.55. The zero-order valence-corrected chi connectivity index (χ0v) is 27.0. The molecule has 1 aliphatic rings. The summed E-state index contributed by atoms with van der Waals surface area (Å²) in [6.45, 7) is 0.889. The van der Waals surface area contributed by atoms with E-state index in [9.17, 15) is 9.18 Å². The molecule has 0 saturated heterocycles. The summed E-state index contributed by atoms with van der Waals surface area (Å²) in [6, 6.07) is 29.0. The first-order chi connectivity index (χ1) is 21.4. The summed E-state index contributed by atoms with van der Waals surface area (Å²) >= 11 is 7.32. The Morgan fingerprint density at radius 3 is 2.36 bits per heavy atom. The predicted molar refractivity (Wildman–Crippen MR) is 175 cm³/mol. The summed E-state index contributed by atoms with van der Waals surface area (Å²) in [5, 5.41) is 9.05. The lowest BCUT2D eigenvalue weighted by Crippen LogP contribution is -2.54. The molecule has 1 aliphatic heterocycles. The molecule has 228 valence electrons. The molecule has 0 unspecified atom stereocenters. The number of carbonyl (C=O) groups is 1. The second kappa shape index (κ2) is 14.9. The molecule has 1 heterocycles. The quantitative estimate of drug-likeness (QED) is 0.109. The van der Waals surface area contributed by atoms with Crippen molar-refractivity contribution in [1.29, 1.82) is 0 Å². The van der Waals surface area contributed by atoms with Gasteiger partial charge in [-0.1, -0.05) is 80.4 Å². The fourth-order valence-corrected chi connectivity index (χ4v) is 5.91. The second-order valence-corrected chi connectivity index (χ2v) is 12.0. The minimum atomic E-state index is -1.39. The van der Waals surface area contributed by atoms with E-state index in [0.717, 1.165) is 25.6 Å². The van der Waals surface area contributed by atoms with Gasteiger partial charge >= 0.3 is 0 Å². The zero-order chi connectivity index (χ0) is 30.9. The third-order valence-corrected chi connectivity index (χ3v) is 8.79. The molecular weight excluding hydrogens is 693 g/mol. The van der Waals surface area contributed by atoms with Crippen molar-refractivity contribution in [2.45, 2.75) is 30.9 Å². The molecule has 0 bridgehead atoms. The Morgan fingerprint density at radius 1 is 0.955 bits per heavy atom. The molecule has 44 heavy (non-hydrogen) atoms. The van der Waals surface area contributed by atoms with E-state index in [-0.39, 0.29) is 24.8 Å². The third-order valence-electron chi connectivity index (χ3n) is 7.29. The largest absolute Gasteiger partial charge is 0.494 e. The van der Waals surface area contributed by atoms with Crippen LogP contribution >= 0.6 is 31.9 Å². The number of hydrogen-bond donors (Lipinski definition) is 3. The molecule has 0 saturated carbocycles. The Hall–Kier alpha value is -3.57. The summed E-state index contributed by atoms with van der Waals surface area (Å²) in [5.74, 6) is 0.347. The van der Waals surface area contributed by atoms with E-state index in [2.05, 4.69) is 42.7 Å². The average Bonchev–Trinajstić information content (AvgIpc) is 3.42. The number of halogens is 3. The van der Waals surface area contributed by atoms with Crippen molar-refractivity contribution in [3.05, 3.63) is 134 Å². The van der Waals surface area contributed by atoms with Crippen LogP contribution < -0.4 is 15.6 Å². The van der Waals surface area contributed by atoms with Gasteiger partial charge in [0.15, 0.2) is 11.6 Å². The van der Waals surface area contributed by atoms with Gasteiger partial charge in [0, 0.05) is 46.1 Å². The first kappa shape index (κ1) is 31.8. The van der Waals surface area contributed by atoms with Gasteiger partial charge in [-0.3, -0.25) is 10.2 Å². The molecule has 0 aromatic heterocycles. The Kier molecular flexibility index (Phi) is 10.8. The summed E-state index contributed by atoms with van der Waals surface area (Å²) in [7, 11) is 0. The molecule has 1 amide bonds. The fourth-order valence-electron chi connectivity index (χ4n) is 4.99. The van der Waals surface area contributed by atoms with Crippen LogP contribution in [0.5, 0.6) is 5.75 Å². The molecule has 10 heteroatoms. The molecule has 3 N–H and O–H groups in total. The van der Waals surface area contributed by atoms with Crippen molar-refractivity contribution in [2.75, 3.05) is 19.8 Å². The lowest BCUT2D eigenvalue weighted by atomic mass is 9.82. The number of hydrogen-bond acceptors (Lipinski definition) is 6. The molecule has 4 aromatic rings. The van der Waals surface area contributed by atoms with Crippen molar-refractivity contribution in [2.24, 2.45) is 4.99 Å². The smallest absolute Gasteiger partial charge is 0.266 e. The molecule has 0 radical (unpaired) electrons. The number of aliphatic hydroxyl groups excluding tert-OH is 1. The van der Waals surface area contributed by atoms with Crippen molar-refractivity contribution in [1.82, 2.24) is 10.9 Å². The van der Waals surface area contributed by atoms with Crippen LogP contribution in [0.25, 0.3) is 0 Å². The number of aliphatic imine (C=N–C) groups is 1. The Balaban J connectivity index is 1.48. The molecule has 4 aromatic carbocycles. The Bertz CT molecular complexity index is 1600. The Morgan fingerprint density at radius 2 is 1.66 bits per heavy atom. The minimum Gasteiger partial charge on any atom is -0.494 e. The van der Waals surface area contributed by atoms with Crippen molar-refractivity contribution in [3.8, 4) is 5.75 Å². The molecular formula is C34H32Br2FN3O4. The summed E-state index contributed by atoms with van der Waals surface area (Å²) in [4.78, 5) is 19.4. The lowest BCUT2D eigenvalue weighted by Gasteiger charge is -2.31. The number of benzene rings is 4. The maximum absolute atomic E-state index is 14.3. The van der Waals surface area contributed by atoms with Gasteiger partial charge in [-0.15, -0.1) is 0 Å². The van der Waals surface area contributed by atoms with E-state index in [1.54, 1.807) is 12.1 Å². The van der Waals surface area contributed by atoms with E-state index < -0.39 is 11.6 Å². The van der Waals surface area contributed by atoms with Gasteiger partial charge < -0.3 is 14.6 Å². The normalized spacial score (nSPS) is 17.5. The van der Waals surface area contributed by atoms with Crippen LogP contribution in [0.3, 0.4) is 0 Å². The van der Waals surface area contributed by atoms with Gasteiger partial charge in [-0.2, -0.15) is 0 Å². The van der Waals surface area contributed by atoms with Gasteiger partial charge in [-0.25, -0.2) is 14.8 Å². The highest BCUT2D eigenvalue weighted by atomic mass is 79.9. The highest BCUT2D eigenvalue weighted by molar-refractivity contribution is 9.10. The maximum Gasteiger partial charge on any atom is 0.266 e. The van der Waals surface area contributed by atoms with Crippen LogP contribution in [0.2, 0.25) is 0 Å². The van der Waals surface area contributed by atoms with E-state index in [0.29, 0.717) is 43.2 Å². The number of nitrogens with zero attached hydrogens (tertiary/aromatic N) is 1. The molecule has 7 nitrogen and oxygen atoms in total. The van der Waals surface area contributed by atoms with Crippen LogP contribution in [0.15, 0.2) is 111 Å². The average molecular weight is 725 g/mol. The summed E-state index contributed by atoms with van der Waals surface area (Å²) < 4.78 is 27.3. The molecule has 0 aliphatic carbocycles. The van der Waals surface area contributed by atoms with Gasteiger partial charge in [0.25, 0.3) is 5.91 Å². The first-order valence-electron chi connectivity index (χ1n) is 14.3. The van der Waals surface area contributed by atoms with Crippen molar-refractivity contribution in [3.63, 3.8) is 0 Å². The van der Waals surface area contributed by atoms with Gasteiger partial charge in [0.05, 0.1) is 6.61 Å². The number of rotatable bonds is 13. The first-order valence-corrected chi connectivity index (χ1v) is 15.8. The van der Waals surface area contributed by atoms with Gasteiger partial charge in [-0.05, 0) is 66.1 Å². The SMILES string of the molecule is O=C(NNCCc1ccc(F)cc1)[C@@]1(Cc2ccccc2Br)N=C(c2ccc(OCCCO)cc2)O[C@H]1c1ccccc1Br. The highest BCUT2D eigenvalue weighted by Gasteiger charge is 2.54. The molecule has 2 atom stereocenters. The molecule has 5 rings (SSSR count). The topological polar surface area (TPSA) is 92.2 Å². The van der Waals surface area contributed by atoms with Crippen LogP contribution in [0.1, 0.15) is 34.8 Å². The van der Waals surface area contributed by atoms with E-state index >= 15 is 0 Å². The monoisotopic (exact) mass is 723 g/mol. The Labute approximate surface area is 272 Å². The lowest BCUT2D eigenvalue weighted by molar-refractivity contribution is -0.130. The summed E-state index contributed by atoms with van der Waals surface area (Å²) in [6.07, 6.45) is 0.607. The van der Waals surface area contributed by atoms with Gasteiger partial charge in [0.1, 0.15) is 11.6 Å². The van der Waals surface area contributed by atoms with E-state index in [4.69, 9.17) is 19.6 Å². The van der Waals surface area contributed by atoms with E-state index in [1.165, 1.54) is 12.1 Å². The molecule has 0 spiro atoms. The second-order valence-electron chi connectivity index (χ2n) is 10.3. The number of ether oxygens (including phenoxy) is 2. The number of nitrogens with one attached hydrogen (secondary N) is 2. The van der Waals surface area contributed by atoms with Crippen LogP contribution in [-0.4, -0.2) is 42.2 Å². The molecule has 0 fully saturated rings. The standard InChI is InChI=1S/C34H32Br2FN3O4/c35-29-8-3-1-6-25(29)22-34(33(42)40-38-19-18-23-10-14-26(37)15-11-23)31(28-7-2-4-9-30(28)36)44-32(39-34)24-12-16-27(17-13-24)43-21-5-20-41/h1-4,6-17,31,38,41H,5,18-22H2,(H,40,42)/t31-,34-/m0/s1. The van der Waals surface area contributed by atoms with Gasteiger partial charge in [0.2, 0.25) is 5.90 Å². The van der Waals surface area contributed by atoms with E-state index in [1.807, 2.05) is 72.8 Å². The highest BCUT2D eigenvalue weighted by Crippen LogP contribution is 2.45. The summed E-state index contributed by atoms with van der Waals surface area (Å²) in [5.41, 5.74) is 7.87. The maximum atomic E-state index is 14.3.